The lowest BCUT2D eigenvalue weighted by molar-refractivity contribution is -0.151. The summed E-state index contributed by atoms with van der Waals surface area (Å²) >= 11 is 0. The highest BCUT2D eigenvalue weighted by molar-refractivity contribution is 6.05. The Balaban J connectivity index is 1.43. The van der Waals surface area contributed by atoms with Crippen LogP contribution in [0.15, 0.2) is 23.9 Å². The number of amides is 1. The van der Waals surface area contributed by atoms with Crippen LogP contribution in [0.2, 0.25) is 0 Å². The van der Waals surface area contributed by atoms with Gasteiger partial charge in [0.25, 0.3) is 5.91 Å². The van der Waals surface area contributed by atoms with Crippen LogP contribution >= 0.6 is 0 Å². The van der Waals surface area contributed by atoms with Crippen LogP contribution in [0.3, 0.4) is 0 Å². The van der Waals surface area contributed by atoms with Gasteiger partial charge in [0.15, 0.2) is 5.65 Å². The summed E-state index contributed by atoms with van der Waals surface area (Å²) in [5.74, 6) is -0.372. The number of carbonyl (C=O) groups excluding carboxylic acids is 1. The van der Waals surface area contributed by atoms with Crippen molar-refractivity contribution in [1.29, 1.82) is 0 Å². The molecule has 2 aliphatic heterocycles. The highest BCUT2D eigenvalue weighted by Gasteiger charge is 2.44. The molecule has 3 aliphatic rings. The number of carbonyl (C=O) groups is 2. The van der Waals surface area contributed by atoms with E-state index in [0.29, 0.717) is 63.6 Å². The maximum atomic E-state index is 13.5. The van der Waals surface area contributed by atoms with Gasteiger partial charge in [0, 0.05) is 44.5 Å². The number of carboxylic acids is 1. The van der Waals surface area contributed by atoms with E-state index >= 15 is 0 Å². The van der Waals surface area contributed by atoms with Crippen molar-refractivity contribution in [2.45, 2.75) is 51.5 Å². The fraction of sp³-hybridized carbons (Fsp3) is 0.565. The molecule has 0 bridgehead atoms. The van der Waals surface area contributed by atoms with Crippen molar-refractivity contribution >= 4 is 22.9 Å². The highest BCUT2D eigenvalue weighted by atomic mass is 16.5. The van der Waals surface area contributed by atoms with Crippen molar-refractivity contribution in [1.82, 2.24) is 19.7 Å². The summed E-state index contributed by atoms with van der Waals surface area (Å²) in [6, 6.07) is 1.94. The molecule has 0 radical (unpaired) electrons. The van der Waals surface area contributed by atoms with E-state index in [2.05, 4.69) is 5.10 Å². The summed E-state index contributed by atoms with van der Waals surface area (Å²) in [6.45, 7) is 4.60. The fourth-order valence-electron chi connectivity index (χ4n) is 4.91. The zero-order valence-electron chi connectivity index (χ0n) is 17.8. The predicted octanol–water partition coefficient (Wildman–Crippen LogP) is 2.98. The Kier molecular flexibility index (Phi) is 5.04. The number of aryl methyl sites for hydroxylation is 1. The Morgan fingerprint density at radius 3 is 2.68 bits per heavy atom. The van der Waals surface area contributed by atoms with Gasteiger partial charge < -0.3 is 14.7 Å². The minimum atomic E-state index is -0.848. The van der Waals surface area contributed by atoms with E-state index in [9.17, 15) is 14.7 Å². The predicted molar refractivity (Wildman–Crippen MR) is 114 cm³/mol. The molecule has 2 aromatic rings. The average molecular weight is 425 g/mol. The highest BCUT2D eigenvalue weighted by Crippen LogP contribution is 2.42. The summed E-state index contributed by atoms with van der Waals surface area (Å²) in [5, 5.41) is 15.1. The Hall–Kier alpha value is -2.74. The molecule has 0 atom stereocenters. The lowest BCUT2D eigenvalue weighted by Gasteiger charge is -2.38. The van der Waals surface area contributed by atoms with Gasteiger partial charge in [0.1, 0.15) is 0 Å². The molecule has 0 spiro atoms. The van der Waals surface area contributed by atoms with Gasteiger partial charge in [-0.25, -0.2) is 9.67 Å². The number of aliphatic carboxylic acids is 1. The van der Waals surface area contributed by atoms with E-state index in [-0.39, 0.29) is 5.91 Å². The molecule has 1 amide bonds. The summed E-state index contributed by atoms with van der Waals surface area (Å²) in [5.41, 5.74) is 2.49. The van der Waals surface area contributed by atoms with Crippen molar-refractivity contribution in [3.8, 4) is 0 Å². The third-order valence-corrected chi connectivity index (χ3v) is 7.02. The summed E-state index contributed by atoms with van der Waals surface area (Å²) < 4.78 is 7.24. The summed E-state index contributed by atoms with van der Waals surface area (Å²) in [4.78, 5) is 32.2. The number of rotatable bonds is 5. The molecular formula is C23H28N4O4. The van der Waals surface area contributed by atoms with Crippen LogP contribution in [0.25, 0.3) is 11.0 Å². The van der Waals surface area contributed by atoms with Crippen LogP contribution in [0, 0.1) is 5.41 Å². The smallest absolute Gasteiger partial charge is 0.313 e. The quantitative estimate of drug-likeness (QED) is 0.741. The first-order valence-electron chi connectivity index (χ1n) is 11.2. The third kappa shape index (κ3) is 3.43. The molecule has 8 heteroatoms. The Morgan fingerprint density at radius 1 is 1.29 bits per heavy atom. The minimum absolute atomic E-state index is 0.0309. The standard InChI is InChI=1S/C23H28N4O4/c1-2-27-20-18(14-24-27)17(13-19(25-20)15-3-4-15)21(28)26-9-5-16(6-10-26)23(22(29)30)7-11-31-12-8-23/h5,13-15H,2-4,6-12H2,1H3,(H,29,30). The van der Waals surface area contributed by atoms with E-state index in [0.717, 1.165) is 35.1 Å². The first kappa shape index (κ1) is 20.2. The van der Waals surface area contributed by atoms with Gasteiger partial charge in [-0.15, -0.1) is 0 Å². The second-order valence-electron chi connectivity index (χ2n) is 8.80. The maximum absolute atomic E-state index is 13.5. The molecule has 1 saturated heterocycles. The first-order valence-corrected chi connectivity index (χ1v) is 11.2. The molecule has 0 aromatic carbocycles. The maximum Gasteiger partial charge on any atom is 0.313 e. The number of hydrogen-bond donors (Lipinski definition) is 1. The molecule has 1 N–H and O–H groups in total. The number of aromatic nitrogens is 3. The molecule has 0 unspecified atom stereocenters. The number of ether oxygens (including phenoxy) is 1. The average Bonchev–Trinajstić information content (AvgIpc) is 3.58. The van der Waals surface area contributed by atoms with Crippen molar-refractivity contribution in [2.75, 3.05) is 26.3 Å². The monoisotopic (exact) mass is 424 g/mol. The van der Waals surface area contributed by atoms with Gasteiger partial charge >= 0.3 is 5.97 Å². The van der Waals surface area contributed by atoms with Gasteiger partial charge in [-0.2, -0.15) is 5.10 Å². The molecule has 1 aliphatic carbocycles. The van der Waals surface area contributed by atoms with Crippen LogP contribution in [0.1, 0.15) is 61.0 Å². The molecule has 31 heavy (non-hydrogen) atoms. The second kappa shape index (κ2) is 7.75. The van der Waals surface area contributed by atoms with Crippen molar-refractivity contribution < 1.29 is 19.4 Å². The number of hydrogen-bond acceptors (Lipinski definition) is 5. The third-order valence-electron chi connectivity index (χ3n) is 7.02. The van der Waals surface area contributed by atoms with Crippen LogP contribution in [-0.2, 0) is 16.1 Å². The number of nitrogens with zero attached hydrogens (tertiary/aromatic N) is 4. The Morgan fingerprint density at radius 2 is 2.06 bits per heavy atom. The Labute approximate surface area is 180 Å². The largest absolute Gasteiger partial charge is 0.481 e. The van der Waals surface area contributed by atoms with Crippen molar-refractivity contribution in [3.63, 3.8) is 0 Å². The summed E-state index contributed by atoms with van der Waals surface area (Å²) in [6.07, 6.45) is 7.49. The van der Waals surface area contributed by atoms with Crippen LogP contribution in [0.5, 0.6) is 0 Å². The molecule has 1 saturated carbocycles. The number of fused-ring (bicyclic) bond motifs is 1. The lowest BCUT2D eigenvalue weighted by atomic mass is 9.71. The van der Waals surface area contributed by atoms with E-state index < -0.39 is 11.4 Å². The van der Waals surface area contributed by atoms with Gasteiger partial charge in [-0.3, -0.25) is 9.59 Å². The zero-order valence-corrected chi connectivity index (χ0v) is 17.8. The van der Waals surface area contributed by atoms with Gasteiger partial charge in [0.2, 0.25) is 0 Å². The Bertz CT molecular complexity index is 1060. The number of pyridine rings is 1. The lowest BCUT2D eigenvalue weighted by Crippen LogP contribution is -2.43. The van der Waals surface area contributed by atoms with Crippen molar-refractivity contribution in [3.05, 3.63) is 35.2 Å². The molecule has 5 rings (SSSR count). The second-order valence-corrected chi connectivity index (χ2v) is 8.80. The first-order chi connectivity index (χ1) is 15.0. The molecule has 8 nitrogen and oxygen atoms in total. The van der Waals surface area contributed by atoms with Gasteiger partial charge in [0.05, 0.1) is 22.6 Å². The van der Waals surface area contributed by atoms with E-state index in [1.165, 1.54) is 0 Å². The molecule has 2 aromatic heterocycles. The van der Waals surface area contributed by atoms with Crippen LogP contribution < -0.4 is 0 Å². The normalized spacial score (nSPS) is 21.2. The van der Waals surface area contributed by atoms with Gasteiger partial charge in [-0.05, 0) is 45.1 Å². The number of carboxylic acid groups (broad SMARTS) is 1. The SMILES string of the molecule is CCn1ncc2c(C(=O)N3CC=C(C4(C(=O)O)CCOCC4)CC3)cc(C3CC3)nc21. The minimum Gasteiger partial charge on any atom is -0.481 e. The molecule has 4 heterocycles. The van der Waals surface area contributed by atoms with E-state index in [1.807, 2.05) is 28.6 Å². The zero-order chi connectivity index (χ0) is 21.6. The molecular weight excluding hydrogens is 396 g/mol. The topological polar surface area (TPSA) is 97.6 Å². The van der Waals surface area contributed by atoms with E-state index in [4.69, 9.17) is 9.72 Å². The summed E-state index contributed by atoms with van der Waals surface area (Å²) in [7, 11) is 0. The van der Waals surface area contributed by atoms with Gasteiger partial charge in [-0.1, -0.05) is 11.6 Å². The van der Waals surface area contributed by atoms with E-state index in [1.54, 1.807) is 6.20 Å². The molecule has 2 fully saturated rings. The molecule has 164 valence electrons. The van der Waals surface area contributed by atoms with Crippen molar-refractivity contribution in [2.24, 2.45) is 5.41 Å². The van der Waals surface area contributed by atoms with Crippen LogP contribution in [0.4, 0.5) is 0 Å². The van der Waals surface area contributed by atoms with Crippen LogP contribution in [-0.4, -0.2) is 63.0 Å². The fourth-order valence-corrected chi connectivity index (χ4v) is 4.91.